The maximum Gasteiger partial charge on any atom is 0.251 e. The van der Waals surface area contributed by atoms with E-state index in [4.69, 9.17) is 0 Å². The number of pyridine rings is 2. The summed E-state index contributed by atoms with van der Waals surface area (Å²) in [5.41, 5.74) is 4.12. The molecule has 0 amide bonds. The number of rotatable bonds is 4. The fraction of sp³-hybridized carbons (Fsp3) is 0.111. The van der Waals surface area contributed by atoms with E-state index in [1.165, 1.54) is 5.56 Å². The third kappa shape index (κ3) is 3.26. The molecule has 0 saturated carbocycles. The molecule has 3 heteroatoms. The number of nitrogens with zero attached hydrogens (tertiary/aromatic N) is 1. The first kappa shape index (κ1) is 13.3. The summed E-state index contributed by atoms with van der Waals surface area (Å²) in [7, 11) is 0. The highest BCUT2D eigenvalue weighted by Gasteiger charge is 2.04. The van der Waals surface area contributed by atoms with Crippen molar-refractivity contribution in [1.82, 2.24) is 9.97 Å². The monoisotopic (exact) mass is 276 g/mol. The second-order valence-corrected chi connectivity index (χ2v) is 4.96. The third-order valence-corrected chi connectivity index (χ3v) is 3.52. The Bertz CT molecular complexity index is 764. The van der Waals surface area contributed by atoms with Gasteiger partial charge in [-0.05, 0) is 47.7 Å². The summed E-state index contributed by atoms with van der Waals surface area (Å²) in [6, 6.07) is 16.1. The largest absolute Gasteiger partial charge is 0.328 e. The molecule has 3 aromatic rings. The van der Waals surface area contributed by atoms with Gasteiger partial charge in [-0.1, -0.05) is 30.3 Å². The molecule has 0 fully saturated rings. The van der Waals surface area contributed by atoms with E-state index in [-0.39, 0.29) is 5.56 Å². The lowest BCUT2D eigenvalue weighted by Crippen LogP contribution is -2.12. The zero-order valence-corrected chi connectivity index (χ0v) is 11.6. The van der Waals surface area contributed by atoms with E-state index in [1.807, 2.05) is 36.4 Å². The minimum absolute atomic E-state index is 0.0104. The summed E-state index contributed by atoms with van der Waals surface area (Å²) in [5, 5.41) is 0. The van der Waals surface area contributed by atoms with Crippen molar-refractivity contribution in [3.8, 4) is 11.1 Å². The van der Waals surface area contributed by atoms with Crippen LogP contribution in [0.4, 0.5) is 0 Å². The smallest absolute Gasteiger partial charge is 0.251 e. The summed E-state index contributed by atoms with van der Waals surface area (Å²) in [4.78, 5) is 18.8. The van der Waals surface area contributed by atoms with E-state index in [0.717, 1.165) is 29.5 Å². The van der Waals surface area contributed by atoms with Crippen LogP contribution in [0.2, 0.25) is 0 Å². The van der Waals surface area contributed by atoms with Gasteiger partial charge in [-0.3, -0.25) is 9.78 Å². The molecule has 0 aliphatic heterocycles. The highest BCUT2D eigenvalue weighted by Crippen LogP contribution is 2.17. The third-order valence-electron chi connectivity index (χ3n) is 3.52. The van der Waals surface area contributed by atoms with Gasteiger partial charge in [0.25, 0.3) is 5.56 Å². The van der Waals surface area contributed by atoms with Gasteiger partial charge in [0.2, 0.25) is 0 Å². The van der Waals surface area contributed by atoms with E-state index in [1.54, 1.807) is 18.6 Å². The van der Waals surface area contributed by atoms with Gasteiger partial charge < -0.3 is 4.98 Å². The van der Waals surface area contributed by atoms with Crippen LogP contribution in [-0.4, -0.2) is 9.97 Å². The van der Waals surface area contributed by atoms with Gasteiger partial charge in [0.15, 0.2) is 0 Å². The van der Waals surface area contributed by atoms with Crippen LogP contribution in [0.1, 0.15) is 11.1 Å². The molecule has 3 nitrogen and oxygen atoms in total. The Balaban J connectivity index is 1.84. The summed E-state index contributed by atoms with van der Waals surface area (Å²) in [5.74, 6) is 0. The summed E-state index contributed by atoms with van der Waals surface area (Å²) >= 11 is 0. The Labute approximate surface area is 123 Å². The van der Waals surface area contributed by atoms with Crippen LogP contribution in [0.25, 0.3) is 11.1 Å². The topological polar surface area (TPSA) is 45.8 Å². The minimum atomic E-state index is -0.0104. The molecule has 0 radical (unpaired) electrons. The normalized spacial score (nSPS) is 10.5. The molecular formula is C18H16N2O. The Kier molecular flexibility index (Phi) is 3.92. The van der Waals surface area contributed by atoms with Crippen LogP contribution in [0.15, 0.2) is 71.9 Å². The Morgan fingerprint density at radius 2 is 1.67 bits per heavy atom. The van der Waals surface area contributed by atoms with Crippen molar-refractivity contribution in [2.24, 2.45) is 0 Å². The molecule has 21 heavy (non-hydrogen) atoms. The second-order valence-electron chi connectivity index (χ2n) is 4.96. The van der Waals surface area contributed by atoms with Crippen molar-refractivity contribution in [2.75, 3.05) is 0 Å². The number of aromatic nitrogens is 2. The lowest BCUT2D eigenvalue weighted by Gasteiger charge is -2.05. The lowest BCUT2D eigenvalue weighted by atomic mass is 10.0. The highest BCUT2D eigenvalue weighted by atomic mass is 16.1. The number of hydrogen-bond acceptors (Lipinski definition) is 2. The van der Waals surface area contributed by atoms with Crippen LogP contribution in [0.3, 0.4) is 0 Å². The van der Waals surface area contributed by atoms with Gasteiger partial charge in [-0.15, -0.1) is 0 Å². The number of nitrogens with one attached hydrogen (secondary N) is 1. The van der Waals surface area contributed by atoms with E-state index in [0.29, 0.717) is 0 Å². The first-order valence-corrected chi connectivity index (χ1v) is 6.99. The van der Waals surface area contributed by atoms with Crippen molar-refractivity contribution in [1.29, 1.82) is 0 Å². The van der Waals surface area contributed by atoms with Crippen LogP contribution < -0.4 is 5.56 Å². The summed E-state index contributed by atoms with van der Waals surface area (Å²) < 4.78 is 0. The molecule has 0 atom stereocenters. The molecule has 0 spiro atoms. The van der Waals surface area contributed by atoms with Crippen molar-refractivity contribution in [3.05, 3.63) is 88.6 Å². The van der Waals surface area contributed by atoms with Crippen molar-refractivity contribution < 1.29 is 0 Å². The maximum absolute atomic E-state index is 12.0. The fourth-order valence-corrected chi connectivity index (χ4v) is 2.35. The number of aromatic amines is 1. The number of H-pyrrole nitrogens is 1. The predicted molar refractivity (Wildman–Crippen MR) is 84.1 cm³/mol. The molecule has 0 aliphatic rings. The van der Waals surface area contributed by atoms with Crippen LogP contribution in [-0.2, 0) is 12.8 Å². The van der Waals surface area contributed by atoms with E-state index in [9.17, 15) is 4.79 Å². The highest BCUT2D eigenvalue weighted by molar-refractivity contribution is 5.62. The second kappa shape index (κ2) is 6.18. The molecular weight excluding hydrogens is 260 g/mol. The SMILES string of the molecule is O=c1[nH]cc(-c2ccncc2)cc1CCc1ccccc1. The molecule has 2 heterocycles. The Morgan fingerprint density at radius 3 is 2.43 bits per heavy atom. The van der Waals surface area contributed by atoms with E-state index >= 15 is 0 Å². The van der Waals surface area contributed by atoms with E-state index in [2.05, 4.69) is 22.1 Å². The molecule has 2 aromatic heterocycles. The minimum Gasteiger partial charge on any atom is -0.328 e. The van der Waals surface area contributed by atoms with Gasteiger partial charge >= 0.3 is 0 Å². The van der Waals surface area contributed by atoms with Crippen molar-refractivity contribution >= 4 is 0 Å². The lowest BCUT2D eigenvalue weighted by molar-refractivity contribution is 0.934. The van der Waals surface area contributed by atoms with Gasteiger partial charge in [0.05, 0.1) is 0 Å². The molecule has 1 N–H and O–H groups in total. The molecule has 3 rings (SSSR count). The predicted octanol–water partition coefficient (Wildman–Crippen LogP) is 3.22. The fourth-order valence-electron chi connectivity index (χ4n) is 2.35. The summed E-state index contributed by atoms with van der Waals surface area (Å²) in [6.07, 6.45) is 6.86. The number of hydrogen-bond donors (Lipinski definition) is 1. The average Bonchev–Trinajstić information content (AvgIpc) is 2.56. The quantitative estimate of drug-likeness (QED) is 0.795. The van der Waals surface area contributed by atoms with Gasteiger partial charge in [-0.25, -0.2) is 0 Å². The van der Waals surface area contributed by atoms with Gasteiger partial charge in [0.1, 0.15) is 0 Å². The molecule has 0 bridgehead atoms. The van der Waals surface area contributed by atoms with Crippen LogP contribution >= 0.6 is 0 Å². The standard InChI is InChI=1S/C18H16N2O/c21-18-16(7-6-14-4-2-1-3-5-14)12-17(13-20-18)15-8-10-19-11-9-15/h1-5,8-13H,6-7H2,(H,20,21). The molecule has 0 saturated heterocycles. The van der Waals surface area contributed by atoms with E-state index < -0.39 is 0 Å². The molecule has 0 unspecified atom stereocenters. The molecule has 1 aromatic carbocycles. The Hall–Kier alpha value is -2.68. The Morgan fingerprint density at radius 1 is 0.905 bits per heavy atom. The number of aryl methyl sites for hydroxylation is 2. The zero-order valence-electron chi connectivity index (χ0n) is 11.6. The van der Waals surface area contributed by atoms with Crippen molar-refractivity contribution in [2.45, 2.75) is 12.8 Å². The van der Waals surface area contributed by atoms with Crippen LogP contribution in [0.5, 0.6) is 0 Å². The van der Waals surface area contributed by atoms with Crippen molar-refractivity contribution in [3.63, 3.8) is 0 Å². The van der Waals surface area contributed by atoms with Gasteiger partial charge in [-0.2, -0.15) is 0 Å². The first-order valence-electron chi connectivity index (χ1n) is 6.99. The summed E-state index contributed by atoms with van der Waals surface area (Å²) in [6.45, 7) is 0. The first-order chi connectivity index (χ1) is 10.3. The number of benzene rings is 1. The maximum atomic E-state index is 12.0. The average molecular weight is 276 g/mol. The molecule has 104 valence electrons. The molecule has 0 aliphatic carbocycles. The zero-order chi connectivity index (χ0) is 14.5. The van der Waals surface area contributed by atoms with Crippen LogP contribution in [0, 0.1) is 0 Å². The van der Waals surface area contributed by atoms with Gasteiger partial charge in [0, 0.05) is 24.2 Å².